The van der Waals surface area contributed by atoms with Gasteiger partial charge in [0, 0.05) is 0 Å². The van der Waals surface area contributed by atoms with Crippen molar-refractivity contribution in [2.24, 2.45) is 16.0 Å². The molecule has 1 aromatic heterocycles. The minimum Gasteiger partial charge on any atom is -0.476 e. The van der Waals surface area contributed by atoms with Crippen LogP contribution in [0, 0.1) is 0 Å². The standard InChI is InChI=1S/C14H14N6O2/c15-7-22-10-4-2-1-3-9(10)20-11-8-5-6-16-12(8)18-19-13(11)17-14(20)21/h1-6,8,12,16H,7,15H2,(H,17,21). The van der Waals surface area contributed by atoms with Crippen LogP contribution in [-0.2, 0) is 0 Å². The third-order valence-corrected chi connectivity index (χ3v) is 3.77. The van der Waals surface area contributed by atoms with Crippen molar-refractivity contribution >= 4 is 5.82 Å². The Balaban J connectivity index is 1.95. The van der Waals surface area contributed by atoms with Crippen LogP contribution in [0.3, 0.4) is 0 Å². The fourth-order valence-corrected chi connectivity index (χ4v) is 2.85. The number of nitrogens with zero attached hydrogens (tertiary/aromatic N) is 3. The Morgan fingerprint density at radius 3 is 3.09 bits per heavy atom. The van der Waals surface area contributed by atoms with E-state index in [1.54, 1.807) is 10.6 Å². The number of para-hydroxylation sites is 2. The van der Waals surface area contributed by atoms with E-state index in [-0.39, 0.29) is 24.5 Å². The minimum atomic E-state index is -0.280. The van der Waals surface area contributed by atoms with Gasteiger partial charge in [0.2, 0.25) is 0 Å². The molecule has 0 bridgehead atoms. The summed E-state index contributed by atoms with van der Waals surface area (Å²) in [7, 11) is 0. The average Bonchev–Trinajstić information content (AvgIpc) is 3.11. The molecule has 8 nitrogen and oxygen atoms in total. The number of azo groups is 1. The van der Waals surface area contributed by atoms with Crippen LogP contribution < -0.4 is 21.5 Å². The molecule has 0 spiro atoms. The number of imidazole rings is 1. The van der Waals surface area contributed by atoms with Crippen LogP contribution >= 0.6 is 0 Å². The molecule has 0 amide bonds. The van der Waals surface area contributed by atoms with Gasteiger partial charge in [-0.2, -0.15) is 5.11 Å². The number of nitrogens with two attached hydrogens (primary N) is 1. The molecule has 0 saturated heterocycles. The lowest BCUT2D eigenvalue weighted by Crippen LogP contribution is -2.27. The zero-order chi connectivity index (χ0) is 15.1. The first kappa shape index (κ1) is 12.8. The van der Waals surface area contributed by atoms with Crippen molar-refractivity contribution in [3.63, 3.8) is 0 Å². The molecule has 112 valence electrons. The SMILES string of the molecule is NCOc1ccccc1-n1c2c([nH]c1=O)N=NC1NC=CC21. The fourth-order valence-electron chi connectivity index (χ4n) is 2.85. The number of H-pyrrole nitrogens is 1. The number of benzene rings is 1. The molecule has 2 aliphatic heterocycles. The summed E-state index contributed by atoms with van der Waals surface area (Å²) in [4.78, 5) is 15.2. The number of rotatable bonds is 3. The highest BCUT2D eigenvalue weighted by atomic mass is 16.5. The molecule has 2 aromatic rings. The normalized spacial score (nSPS) is 21.3. The molecule has 2 aliphatic rings. The minimum absolute atomic E-state index is 0.0333. The molecule has 22 heavy (non-hydrogen) atoms. The lowest BCUT2D eigenvalue weighted by molar-refractivity contribution is 0.328. The fraction of sp³-hybridized carbons (Fsp3) is 0.214. The Hall–Kier alpha value is -2.87. The Kier molecular flexibility index (Phi) is 2.83. The molecule has 2 unspecified atom stereocenters. The molecular formula is C14H14N6O2. The summed E-state index contributed by atoms with van der Waals surface area (Å²) in [6.07, 6.45) is 3.61. The average molecular weight is 298 g/mol. The second-order valence-corrected chi connectivity index (χ2v) is 4.99. The summed E-state index contributed by atoms with van der Waals surface area (Å²) >= 11 is 0. The Morgan fingerprint density at radius 1 is 1.36 bits per heavy atom. The van der Waals surface area contributed by atoms with Crippen molar-refractivity contribution in [3.05, 3.63) is 52.7 Å². The van der Waals surface area contributed by atoms with Crippen molar-refractivity contribution in [3.8, 4) is 11.4 Å². The lowest BCUT2D eigenvalue weighted by atomic mass is 10.0. The number of aromatic nitrogens is 2. The van der Waals surface area contributed by atoms with Crippen molar-refractivity contribution in [2.45, 2.75) is 12.1 Å². The van der Waals surface area contributed by atoms with Gasteiger partial charge in [-0.3, -0.25) is 15.3 Å². The van der Waals surface area contributed by atoms with Gasteiger partial charge in [-0.1, -0.05) is 18.2 Å². The molecule has 0 radical (unpaired) electrons. The van der Waals surface area contributed by atoms with E-state index in [1.807, 2.05) is 30.5 Å². The molecule has 3 heterocycles. The van der Waals surface area contributed by atoms with Gasteiger partial charge in [0.15, 0.2) is 12.0 Å². The highest BCUT2D eigenvalue weighted by Crippen LogP contribution is 2.38. The molecule has 8 heteroatoms. The van der Waals surface area contributed by atoms with Gasteiger partial charge >= 0.3 is 5.69 Å². The van der Waals surface area contributed by atoms with E-state index in [1.165, 1.54) is 0 Å². The van der Waals surface area contributed by atoms with Gasteiger partial charge in [0.1, 0.15) is 12.5 Å². The first-order valence-electron chi connectivity index (χ1n) is 6.90. The molecular weight excluding hydrogens is 284 g/mol. The summed E-state index contributed by atoms with van der Waals surface area (Å²) in [6, 6.07) is 7.26. The van der Waals surface area contributed by atoms with Gasteiger partial charge in [0.25, 0.3) is 0 Å². The quantitative estimate of drug-likeness (QED) is 0.736. The zero-order valence-corrected chi connectivity index (χ0v) is 11.6. The second-order valence-electron chi connectivity index (χ2n) is 4.99. The van der Waals surface area contributed by atoms with Gasteiger partial charge in [-0.25, -0.2) is 4.79 Å². The van der Waals surface area contributed by atoms with Crippen LogP contribution in [0.1, 0.15) is 11.6 Å². The topological polar surface area (TPSA) is 110 Å². The molecule has 4 rings (SSSR count). The smallest absolute Gasteiger partial charge is 0.332 e. The van der Waals surface area contributed by atoms with Crippen LogP contribution in [0.25, 0.3) is 5.69 Å². The van der Waals surface area contributed by atoms with E-state index in [0.29, 0.717) is 17.3 Å². The predicted octanol–water partition coefficient (Wildman–Crippen LogP) is 1.08. The molecule has 0 fully saturated rings. The van der Waals surface area contributed by atoms with Crippen LogP contribution in [-0.4, -0.2) is 22.4 Å². The van der Waals surface area contributed by atoms with Crippen LogP contribution in [0.5, 0.6) is 5.75 Å². The van der Waals surface area contributed by atoms with E-state index < -0.39 is 0 Å². The van der Waals surface area contributed by atoms with Crippen molar-refractivity contribution in [1.82, 2.24) is 14.9 Å². The van der Waals surface area contributed by atoms with Crippen molar-refractivity contribution in [1.29, 1.82) is 0 Å². The van der Waals surface area contributed by atoms with E-state index >= 15 is 0 Å². The number of fused-ring (bicyclic) bond motifs is 3. The highest BCUT2D eigenvalue weighted by molar-refractivity contribution is 5.53. The summed E-state index contributed by atoms with van der Waals surface area (Å²) in [5.41, 5.74) is 6.59. The van der Waals surface area contributed by atoms with Gasteiger partial charge in [0.05, 0.1) is 17.3 Å². The third-order valence-electron chi connectivity index (χ3n) is 3.77. The number of hydrogen-bond acceptors (Lipinski definition) is 6. The number of aromatic amines is 1. The number of nitrogens with one attached hydrogen (secondary N) is 2. The largest absolute Gasteiger partial charge is 0.476 e. The van der Waals surface area contributed by atoms with Gasteiger partial charge in [-0.15, -0.1) is 5.11 Å². The maximum absolute atomic E-state index is 12.4. The second kappa shape index (κ2) is 4.85. The monoisotopic (exact) mass is 298 g/mol. The van der Waals surface area contributed by atoms with E-state index in [0.717, 1.165) is 5.69 Å². The number of ether oxygens (including phenoxy) is 1. The van der Waals surface area contributed by atoms with Gasteiger partial charge in [-0.05, 0) is 18.3 Å². The molecule has 1 aromatic carbocycles. The van der Waals surface area contributed by atoms with E-state index in [2.05, 4.69) is 20.5 Å². The van der Waals surface area contributed by atoms with E-state index in [4.69, 9.17) is 10.5 Å². The van der Waals surface area contributed by atoms with Crippen molar-refractivity contribution in [2.75, 3.05) is 6.73 Å². The Bertz CT molecular complexity index is 834. The van der Waals surface area contributed by atoms with Crippen LogP contribution in [0.15, 0.2) is 51.6 Å². The number of hydrogen-bond donors (Lipinski definition) is 3. The van der Waals surface area contributed by atoms with Crippen molar-refractivity contribution < 1.29 is 4.74 Å². The lowest BCUT2D eigenvalue weighted by Gasteiger charge is -2.21. The molecule has 0 aliphatic carbocycles. The van der Waals surface area contributed by atoms with Crippen LogP contribution in [0.2, 0.25) is 0 Å². The molecule has 0 saturated carbocycles. The summed E-state index contributed by atoms with van der Waals surface area (Å²) in [5.74, 6) is 0.961. The Labute approximate surface area is 125 Å². The highest BCUT2D eigenvalue weighted by Gasteiger charge is 2.35. The summed E-state index contributed by atoms with van der Waals surface area (Å²) in [6.45, 7) is 0.0333. The Morgan fingerprint density at radius 2 is 2.23 bits per heavy atom. The zero-order valence-electron chi connectivity index (χ0n) is 11.6. The summed E-state index contributed by atoms with van der Waals surface area (Å²) in [5, 5.41) is 11.4. The third kappa shape index (κ3) is 1.77. The predicted molar refractivity (Wildman–Crippen MR) is 79.4 cm³/mol. The van der Waals surface area contributed by atoms with Gasteiger partial charge < -0.3 is 10.1 Å². The van der Waals surface area contributed by atoms with E-state index in [9.17, 15) is 4.79 Å². The maximum Gasteiger partial charge on any atom is 0.332 e. The summed E-state index contributed by atoms with van der Waals surface area (Å²) < 4.78 is 7.01. The molecule has 2 atom stereocenters. The maximum atomic E-state index is 12.4. The molecule has 4 N–H and O–H groups in total. The van der Waals surface area contributed by atoms with Crippen LogP contribution in [0.4, 0.5) is 5.82 Å². The first-order chi connectivity index (χ1) is 10.8. The first-order valence-corrected chi connectivity index (χ1v) is 6.90.